The molecule has 6 aromatic heterocycles. The van der Waals surface area contributed by atoms with Crippen molar-refractivity contribution in [2.45, 2.75) is 6.92 Å². The van der Waals surface area contributed by atoms with E-state index in [1.807, 2.05) is 97.2 Å². The molecule has 0 fully saturated rings. The molecule has 9 aromatic carbocycles. The van der Waals surface area contributed by atoms with Crippen LogP contribution in [-0.4, -0.2) is 35.8 Å². The summed E-state index contributed by atoms with van der Waals surface area (Å²) >= 11 is 0. The molecule has 0 aliphatic rings. The molecule has 8 heteroatoms. The third-order valence-electron chi connectivity index (χ3n) is 16.7. The zero-order valence-electron chi connectivity index (χ0n) is 48.6. The lowest BCUT2D eigenvalue weighted by molar-refractivity contribution is 1.18. The molecule has 89 heavy (non-hydrogen) atoms. The van der Waals surface area contributed by atoms with E-state index in [1.165, 1.54) is 0 Å². The van der Waals surface area contributed by atoms with Crippen molar-refractivity contribution in [1.29, 1.82) is 5.26 Å². The summed E-state index contributed by atoms with van der Waals surface area (Å²) in [6.45, 7) is 6.32. The molecule has 0 aliphatic carbocycles. The molecule has 0 aliphatic heterocycles. The fourth-order valence-corrected chi connectivity index (χ4v) is 12.5. The molecule has 15 rings (SSSR count). The monoisotopic (exact) mass is 1140 g/mol. The Morgan fingerprint density at radius 1 is 0.348 bits per heavy atom. The maximum atomic E-state index is 10.6. The van der Waals surface area contributed by atoms with Crippen LogP contribution in [0.3, 0.4) is 0 Å². The van der Waals surface area contributed by atoms with Crippen LogP contribution < -0.4 is 0 Å². The van der Waals surface area contributed by atoms with Gasteiger partial charge in [0.25, 0.3) is 0 Å². The molecule has 15 aromatic rings. The Balaban J connectivity index is 0.975. The zero-order chi connectivity index (χ0) is 59.8. The average Bonchev–Trinajstić information content (AvgIpc) is 1.90. The zero-order valence-corrected chi connectivity index (χ0v) is 48.6. The molecule has 8 nitrogen and oxygen atoms in total. The van der Waals surface area contributed by atoms with Gasteiger partial charge in [-0.05, 0) is 128 Å². The summed E-state index contributed by atoms with van der Waals surface area (Å²) < 4.78 is 4.65. The fourth-order valence-electron chi connectivity index (χ4n) is 12.5. The lowest BCUT2D eigenvalue weighted by atomic mass is 9.98. The van der Waals surface area contributed by atoms with Gasteiger partial charge < -0.3 is 9.13 Å². The standard InChI is InChI=1S/C81H54N8/c1-53(88-76-42-38-59(72-34-16-30-68(84-72)55-21-7-3-8-22-55)47-64(76)65-48-60(39-43-77(65)88)73-35-17-31-69(85-73)56-23-9-4-10-24-56)81(63-29-15-20-54(46-63)51-82)80(52-83-2)89-78-44-40-61(74-36-18-32-70(86-74)57-25-11-5-12-26-57)49-66(78)67-50-62(41-45-79(67)89)75-37-19-33-71(87-75)58-27-13-6-14-28-58/h3-50,52H,2H2,1H3/b80-52+,81-53+. The number of hydrogen-bond acceptors (Lipinski definition) is 6. The van der Waals surface area contributed by atoms with Gasteiger partial charge in [0.15, 0.2) is 0 Å². The number of fused-ring (bicyclic) bond motifs is 6. The predicted molar refractivity (Wildman–Crippen MR) is 367 cm³/mol. The molecule has 0 bridgehead atoms. The highest BCUT2D eigenvalue weighted by Crippen LogP contribution is 2.45. The summed E-state index contributed by atoms with van der Waals surface area (Å²) in [5.74, 6) is 0. The number of aromatic nitrogens is 6. The van der Waals surface area contributed by atoms with Crippen molar-refractivity contribution in [3.63, 3.8) is 0 Å². The smallest absolute Gasteiger partial charge is 0.0991 e. The summed E-state index contributed by atoms with van der Waals surface area (Å²) in [6, 6.07) is 103. The average molecular weight is 1140 g/mol. The van der Waals surface area contributed by atoms with Gasteiger partial charge in [-0.15, -0.1) is 0 Å². The van der Waals surface area contributed by atoms with Gasteiger partial charge >= 0.3 is 0 Å². The van der Waals surface area contributed by atoms with Gasteiger partial charge in [0.1, 0.15) is 0 Å². The lowest BCUT2D eigenvalue weighted by Gasteiger charge is -2.21. The van der Waals surface area contributed by atoms with Crippen LogP contribution in [0.5, 0.6) is 0 Å². The van der Waals surface area contributed by atoms with Gasteiger partial charge in [-0.2, -0.15) is 5.26 Å². The first-order valence-corrected chi connectivity index (χ1v) is 29.6. The molecule has 0 unspecified atom stereocenters. The molecule has 6 heterocycles. The predicted octanol–water partition coefficient (Wildman–Crippen LogP) is 20.3. The van der Waals surface area contributed by atoms with E-state index in [1.54, 1.807) is 0 Å². The minimum absolute atomic E-state index is 0.526. The minimum atomic E-state index is 0.526. The Bertz CT molecular complexity index is 5060. The maximum Gasteiger partial charge on any atom is 0.0991 e. The Morgan fingerprint density at radius 2 is 0.652 bits per heavy atom. The normalized spacial score (nSPS) is 11.9. The minimum Gasteiger partial charge on any atom is -0.313 e. The first-order valence-electron chi connectivity index (χ1n) is 29.6. The Labute approximate surface area is 515 Å². The second-order valence-electron chi connectivity index (χ2n) is 22.0. The van der Waals surface area contributed by atoms with Crippen LogP contribution in [0.15, 0.2) is 302 Å². The van der Waals surface area contributed by atoms with Crippen LogP contribution in [-0.2, 0) is 0 Å². The number of benzene rings is 9. The Kier molecular flexibility index (Phi) is 13.8. The van der Waals surface area contributed by atoms with E-state index in [2.05, 4.69) is 234 Å². The van der Waals surface area contributed by atoms with Gasteiger partial charge in [0.05, 0.1) is 91.1 Å². The topological polar surface area (TPSA) is 97.6 Å². The first kappa shape index (κ1) is 53.5. The quantitative estimate of drug-likeness (QED) is 0.0846. The molecule has 0 atom stereocenters. The van der Waals surface area contributed by atoms with Crippen LogP contribution >= 0.6 is 0 Å². The van der Waals surface area contributed by atoms with Gasteiger partial charge in [-0.25, -0.2) is 19.9 Å². The number of aliphatic imine (C=N–C) groups is 1. The highest BCUT2D eigenvalue weighted by Gasteiger charge is 2.25. The van der Waals surface area contributed by atoms with E-state index in [4.69, 9.17) is 19.9 Å². The molecule has 0 saturated carbocycles. The third kappa shape index (κ3) is 10.0. The molecular formula is C81H54N8. The van der Waals surface area contributed by atoms with E-state index in [9.17, 15) is 5.26 Å². The number of allylic oxidation sites excluding steroid dienone is 3. The van der Waals surface area contributed by atoms with Gasteiger partial charge in [-0.1, -0.05) is 182 Å². The summed E-state index contributed by atoms with van der Waals surface area (Å²) in [4.78, 5) is 25.6. The molecule has 0 spiro atoms. The maximum absolute atomic E-state index is 10.6. The van der Waals surface area contributed by atoms with Crippen molar-refractivity contribution in [3.8, 4) is 96.1 Å². The summed E-state index contributed by atoms with van der Waals surface area (Å²) in [7, 11) is 0. The third-order valence-corrected chi connectivity index (χ3v) is 16.7. The molecule has 0 radical (unpaired) electrons. The number of rotatable bonds is 13. The van der Waals surface area contributed by atoms with Gasteiger partial charge in [0.2, 0.25) is 0 Å². The van der Waals surface area contributed by atoms with E-state index in [-0.39, 0.29) is 0 Å². The van der Waals surface area contributed by atoms with E-state index in [0.717, 1.165) is 156 Å². The van der Waals surface area contributed by atoms with E-state index in [0.29, 0.717) is 5.56 Å². The van der Waals surface area contributed by atoms with Crippen LogP contribution in [0.1, 0.15) is 18.1 Å². The molecule has 0 saturated heterocycles. The first-order chi connectivity index (χ1) is 43.9. The van der Waals surface area contributed by atoms with E-state index < -0.39 is 0 Å². The lowest BCUT2D eigenvalue weighted by Crippen LogP contribution is -2.06. The summed E-state index contributed by atoms with van der Waals surface area (Å²) in [6.07, 6.45) is 1.86. The fraction of sp³-hybridized carbons (Fsp3) is 0.0123. The highest BCUT2D eigenvalue weighted by molar-refractivity contribution is 6.20. The summed E-state index contributed by atoms with van der Waals surface area (Å²) in [5, 5.41) is 14.7. The largest absolute Gasteiger partial charge is 0.313 e. The molecule has 418 valence electrons. The number of nitrogens with zero attached hydrogens (tertiary/aromatic N) is 8. The SMILES string of the molecule is C=N/C=C(\C(=C(/C)n1c2ccc(-c3cccc(-c4ccccc4)n3)cc2c2cc(-c3cccc(-c4ccccc4)n3)ccc21)c1cccc(C#N)c1)n1c2ccc(-c3cccc(-c4ccccc4)n3)cc2c2cc(-c3cccc(-c4ccccc4)n3)ccc21. The Morgan fingerprint density at radius 3 is 0.966 bits per heavy atom. The molecule has 0 amide bonds. The number of pyridine rings is 4. The Hall–Kier alpha value is -12.2. The van der Waals surface area contributed by atoms with Gasteiger partial charge in [-0.3, -0.25) is 4.99 Å². The van der Waals surface area contributed by atoms with Crippen molar-refractivity contribution in [1.82, 2.24) is 29.1 Å². The second kappa shape index (κ2) is 23.0. The van der Waals surface area contributed by atoms with Crippen LogP contribution in [0, 0.1) is 11.3 Å². The van der Waals surface area contributed by atoms with Gasteiger partial charge in [0, 0.05) is 77.3 Å². The van der Waals surface area contributed by atoms with Crippen molar-refractivity contribution < 1.29 is 0 Å². The highest BCUT2D eigenvalue weighted by atomic mass is 15.0. The van der Waals surface area contributed by atoms with Crippen LogP contribution in [0.25, 0.3) is 151 Å². The van der Waals surface area contributed by atoms with Crippen molar-refractivity contribution in [3.05, 3.63) is 309 Å². The molecule has 0 N–H and O–H groups in total. The van der Waals surface area contributed by atoms with Crippen LogP contribution in [0.4, 0.5) is 0 Å². The molecular weight excluding hydrogens is 1080 g/mol. The van der Waals surface area contributed by atoms with Crippen molar-refractivity contribution >= 4 is 67.3 Å². The number of nitriles is 1. The number of hydrogen-bond donors (Lipinski definition) is 0. The van der Waals surface area contributed by atoms with E-state index >= 15 is 0 Å². The second-order valence-corrected chi connectivity index (χ2v) is 22.0. The van der Waals surface area contributed by atoms with Crippen molar-refractivity contribution in [2.24, 2.45) is 4.99 Å². The van der Waals surface area contributed by atoms with Crippen LogP contribution in [0.2, 0.25) is 0 Å². The van der Waals surface area contributed by atoms with Crippen molar-refractivity contribution in [2.75, 3.05) is 0 Å². The summed E-state index contributed by atoms with van der Waals surface area (Å²) in [5.41, 5.74) is 22.8.